The topological polar surface area (TPSA) is 46.6 Å². The van der Waals surface area contributed by atoms with Gasteiger partial charge < -0.3 is 4.74 Å². The zero-order valence-corrected chi connectivity index (χ0v) is 13.2. The van der Waals surface area contributed by atoms with Gasteiger partial charge in [0.2, 0.25) is 0 Å². The van der Waals surface area contributed by atoms with Crippen molar-refractivity contribution in [1.29, 1.82) is 0 Å². The predicted octanol–water partition coefficient (Wildman–Crippen LogP) is 3.54. The molecule has 5 heteroatoms. The summed E-state index contributed by atoms with van der Waals surface area (Å²) in [6.07, 6.45) is 8.62. The summed E-state index contributed by atoms with van der Waals surface area (Å²) in [5.74, 6) is 2.86. The van der Waals surface area contributed by atoms with E-state index in [1.54, 1.807) is 18.2 Å². The van der Waals surface area contributed by atoms with Crippen molar-refractivity contribution in [3.8, 4) is 18.1 Å². The number of carbonyl (C=O) groups excluding carboxylic acids is 2. The normalized spacial score (nSPS) is 16.2. The molecule has 0 unspecified atom stereocenters. The van der Waals surface area contributed by atoms with E-state index in [4.69, 9.17) is 11.2 Å². The Morgan fingerprint density at radius 2 is 2.05 bits per heavy atom. The minimum atomic E-state index is -0.212. The molecule has 1 heterocycles. The van der Waals surface area contributed by atoms with E-state index in [1.165, 1.54) is 4.90 Å². The highest BCUT2D eigenvalue weighted by atomic mass is 32.2. The van der Waals surface area contributed by atoms with Gasteiger partial charge in [0, 0.05) is 6.54 Å². The molecule has 1 aromatic carbocycles. The Morgan fingerprint density at radius 3 is 2.68 bits per heavy atom. The molecule has 0 spiro atoms. The highest BCUT2D eigenvalue weighted by molar-refractivity contribution is 8.18. The summed E-state index contributed by atoms with van der Waals surface area (Å²) in [6.45, 7) is 2.73. The van der Waals surface area contributed by atoms with Crippen molar-refractivity contribution in [3.05, 3.63) is 34.7 Å². The molecule has 22 heavy (non-hydrogen) atoms. The van der Waals surface area contributed by atoms with Gasteiger partial charge in [-0.15, -0.1) is 6.42 Å². The molecule has 0 radical (unpaired) electrons. The van der Waals surface area contributed by atoms with E-state index in [0.717, 1.165) is 30.2 Å². The van der Waals surface area contributed by atoms with Crippen molar-refractivity contribution < 1.29 is 14.3 Å². The van der Waals surface area contributed by atoms with Crippen molar-refractivity contribution in [1.82, 2.24) is 4.90 Å². The second-order valence-electron chi connectivity index (χ2n) is 4.75. The highest BCUT2D eigenvalue weighted by Crippen LogP contribution is 2.32. The molecule has 1 saturated heterocycles. The number of thioether (sulfide) groups is 1. The first kappa shape index (κ1) is 16.2. The number of ether oxygens (including phenoxy) is 1. The zero-order valence-electron chi connectivity index (χ0n) is 12.4. The molecular formula is C17H17NO3S. The van der Waals surface area contributed by atoms with Crippen molar-refractivity contribution in [2.75, 3.05) is 13.2 Å². The molecule has 0 aliphatic carbocycles. The van der Waals surface area contributed by atoms with Crippen LogP contribution in [-0.2, 0) is 4.79 Å². The molecule has 114 valence electrons. The maximum atomic E-state index is 12.2. The summed E-state index contributed by atoms with van der Waals surface area (Å²) >= 11 is 0.986. The molecule has 0 N–H and O–H groups in total. The van der Waals surface area contributed by atoms with Gasteiger partial charge in [0.1, 0.15) is 12.4 Å². The molecule has 0 aromatic heterocycles. The maximum absolute atomic E-state index is 12.2. The lowest BCUT2D eigenvalue weighted by Crippen LogP contribution is -2.29. The third-order valence-electron chi connectivity index (χ3n) is 3.11. The fraction of sp³-hybridized carbons (Fsp3) is 0.294. The number of amides is 2. The molecule has 1 aliphatic heterocycles. The lowest BCUT2D eigenvalue weighted by molar-refractivity contribution is -0.122. The Labute approximate surface area is 134 Å². The van der Waals surface area contributed by atoms with Crippen molar-refractivity contribution >= 4 is 29.0 Å². The molecule has 0 bridgehead atoms. The number of hydrogen-bond acceptors (Lipinski definition) is 4. The minimum absolute atomic E-state index is 0.196. The lowest BCUT2D eigenvalue weighted by Gasteiger charge is -2.10. The summed E-state index contributed by atoms with van der Waals surface area (Å²) in [5.41, 5.74) is 0.842. The molecule has 1 fully saturated rings. The minimum Gasteiger partial charge on any atom is -0.481 e. The van der Waals surface area contributed by atoms with Gasteiger partial charge in [0.05, 0.1) is 4.91 Å². The first-order valence-electron chi connectivity index (χ1n) is 7.07. The van der Waals surface area contributed by atoms with Crippen LogP contribution in [-0.4, -0.2) is 29.2 Å². The zero-order chi connectivity index (χ0) is 15.9. The van der Waals surface area contributed by atoms with E-state index in [1.807, 2.05) is 19.1 Å². The first-order chi connectivity index (χ1) is 10.7. The van der Waals surface area contributed by atoms with Crippen LogP contribution in [0.4, 0.5) is 4.79 Å². The van der Waals surface area contributed by atoms with Gasteiger partial charge in [-0.25, -0.2) is 0 Å². The van der Waals surface area contributed by atoms with Crippen LogP contribution in [0.15, 0.2) is 29.2 Å². The standard InChI is InChI=1S/C17H17NO3S/c1-3-5-10-18-16(19)15(22-17(18)20)12-13-6-8-14(9-7-13)21-11-4-2/h2,6-9,12H,3,5,10-11H2,1H3/b15-12-. The van der Waals surface area contributed by atoms with Crippen molar-refractivity contribution in [3.63, 3.8) is 0 Å². The number of hydrogen-bond donors (Lipinski definition) is 0. The molecule has 4 nitrogen and oxygen atoms in total. The van der Waals surface area contributed by atoms with Crippen LogP contribution in [0.2, 0.25) is 0 Å². The van der Waals surface area contributed by atoms with Crippen LogP contribution in [0.1, 0.15) is 25.3 Å². The van der Waals surface area contributed by atoms with Crippen LogP contribution >= 0.6 is 11.8 Å². The van der Waals surface area contributed by atoms with Gasteiger partial charge in [0.25, 0.3) is 11.1 Å². The fourth-order valence-electron chi connectivity index (χ4n) is 1.95. The Morgan fingerprint density at radius 1 is 1.32 bits per heavy atom. The first-order valence-corrected chi connectivity index (χ1v) is 7.89. The van der Waals surface area contributed by atoms with Gasteiger partial charge in [-0.05, 0) is 42.0 Å². The number of unbranched alkanes of at least 4 members (excludes halogenated alkanes) is 1. The van der Waals surface area contributed by atoms with E-state index in [2.05, 4.69) is 5.92 Å². The van der Waals surface area contributed by atoms with Gasteiger partial charge in [0.15, 0.2) is 0 Å². The third kappa shape index (κ3) is 3.92. The van der Waals surface area contributed by atoms with Gasteiger partial charge in [-0.1, -0.05) is 31.4 Å². The van der Waals surface area contributed by atoms with Gasteiger partial charge in [-0.2, -0.15) is 0 Å². The van der Waals surface area contributed by atoms with Crippen LogP contribution in [0.3, 0.4) is 0 Å². The maximum Gasteiger partial charge on any atom is 0.293 e. The number of imide groups is 1. The highest BCUT2D eigenvalue weighted by Gasteiger charge is 2.34. The Hall–Kier alpha value is -2.19. The Kier molecular flexibility index (Phi) is 5.68. The van der Waals surface area contributed by atoms with Crippen molar-refractivity contribution in [2.24, 2.45) is 0 Å². The summed E-state index contributed by atoms with van der Waals surface area (Å²) < 4.78 is 5.29. The summed E-state index contributed by atoms with van der Waals surface area (Å²) in [4.78, 5) is 25.8. The molecule has 0 atom stereocenters. The molecule has 1 aromatic rings. The second-order valence-corrected chi connectivity index (χ2v) is 5.74. The van der Waals surface area contributed by atoms with Crippen LogP contribution in [0, 0.1) is 12.3 Å². The van der Waals surface area contributed by atoms with Gasteiger partial charge in [-0.3, -0.25) is 14.5 Å². The van der Waals surface area contributed by atoms with E-state index in [-0.39, 0.29) is 17.8 Å². The van der Waals surface area contributed by atoms with Crippen LogP contribution < -0.4 is 4.74 Å². The summed E-state index contributed by atoms with van der Waals surface area (Å²) in [6, 6.07) is 7.22. The Bertz CT molecular complexity index is 628. The third-order valence-corrected chi connectivity index (χ3v) is 4.02. The van der Waals surface area contributed by atoms with Gasteiger partial charge >= 0.3 is 0 Å². The average molecular weight is 315 g/mol. The van der Waals surface area contributed by atoms with Crippen molar-refractivity contribution in [2.45, 2.75) is 19.8 Å². The number of rotatable bonds is 6. The monoisotopic (exact) mass is 315 g/mol. The predicted molar refractivity (Wildman–Crippen MR) is 88.4 cm³/mol. The summed E-state index contributed by atoms with van der Waals surface area (Å²) in [5, 5.41) is -0.196. The number of nitrogens with zero attached hydrogens (tertiary/aromatic N) is 1. The van der Waals surface area contributed by atoms with E-state index < -0.39 is 0 Å². The van der Waals surface area contributed by atoms with Crippen LogP contribution in [0.5, 0.6) is 5.75 Å². The second kappa shape index (κ2) is 7.71. The van der Waals surface area contributed by atoms with E-state index in [0.29, 0.717) is 17.2 Å². The summed E-state index contributed by atoms with van der Waals surface area (Å²) in [7, 11) is 0. The molecule has 2 rings (SSSR count). The SMILES string of the molecule is C#CCOc1ccc(/C=C2\SC(=O)N(CCCC)C2=O)cc1. The van der Waals surface area contributed by atoms with E-state index >= 15 is 0 Å². The van der Waals surface area contributed by atoms with Crippen LogP contribution in [0.25, 0.3) is 6.08 Å². The smallest absolute Gasteiger partial charge is 0.293 e. The average Bonchev–Trinajstić information content (AvgIpc) is 2.79. The fourth-order valence-corrected chi connectivity index (χ4v) is 2.81. The van der Waals surface area contributed by atoms with E-state index in [9.17, 15) is 9.59 Å². The molecule has 2 amide bonds. The number of benzene rings is 1. The number of terminal acetylenes is 1. The quantitative estimate of drug-likeness (QED) is 0.595. The number of carbonyl (C=O) groups is 2. The molecular weight excluding hydrogens is 298 g/mol. The molecule has 0 saturated carbocycles. The largest absolute Gasteiger partial charge is 0.481 e. The molecule has 1 aliphatic rings. The lowest BCUT2D eigenvalue weighted by atomic mass is 10.2. The Balaban J connectivity index is 2.08.